The van der Waals surface area contributed by atoms with Gasteiger partial charge in [0.15, 0.2) is 0 Å². The third-order valence-corrected chi connectivity index (χ3v) is 4.03. The minimum atomic E-state index is -0.217. The lowest BCUT2D eigenvalue weighted by molar-refractivity contribution is 0.0945. The third kappa shape index (κ3) is 4.45. The Bertz CT molecular complexity index is 894. The Balaban J connectivity index is 1.75. The van der Waals surface area contributed by atoms with Gasteiger partial charge >= 0.3 is 0 Å². The lowest BCUT2D eigenvalue weighted by Crippen LogP contribution is -2.24. The summed E-state index contributed by atoms with van der Waals surface area (Å²) < 4.78 is 0. The molecule has 0 aliphatic carbocycles. The number of aromatic nitrogens is 2. The summed E-state index contributed by atoms with van der Waals surface area (Å²) in [6, 6.07) is 19.5. The van der Waals surface area contributed by atoms with Gasteiger partial charge in [-0.2, -0.15) is 0 Å². The van der Waals surface area contributed by atoms with Crippen LogP contribution in [0, 0.1) is 6.92 Å². The van der Waals surface area contributed by atoms with E-state index in [-0.39, 0.29) is 5.91 Å². The van der Waals surface area contributed by atoms with Gasteiger partial charge in [0.05, 0.1) is 0 Å². The summed E-state index contributed by atoms with van der Waals surface area (Å²) >= 11 is 0. The maximum Gasteiger partial charge on any atom is 0.270 e. The number of hydrogen-bond donors (Lipinski definition) is 2. The van der Waals surface area contributed by atoms with Crippen LogP contribution in [0.1, 0.15) is 34.4 Å². The van der Waals surface area contributed by atoms with Gasteiger partial charge in [0.1, 0.15) is 17.3 Å². The molecule has 0 bridgehead atoms. The number of rotatable bonds is 6. The van der Waals surface area contributed by atoms with Gasteiger partial charge in [-0.15, -0.1) is 0 Å². The van der Waals surface area contributed by atoms with E-state index in [1.807, 2.05) is 48.5 Å². The number of hydrogen-bond acceptors (Lipinski definition) is 4. The zero-order valence-electron chi connectivity index (χ0n) is 15.0. The largest absolute Gasteiger partial charge is 0.347 e. The second kappa shape index (κ2) is 8.25. The Morgan fingerprint density at radius 2 is 1.73 bits per heavy atom. The minimum absolute atomic E-state index is 0.217. The Morgan fingerprint density at radius 3 is 2.50 bits per heavy atom. The quantitative estimate of drug-likeness (QED) is 0.707. The van der Waals surface area contributed by atoms with Crippen molar-refractivity contribution in [1.82, 2.24) is 15.3 Å². The van der Waals surface area contributed by atoms with Gasteiger partial charge in [0, 0.05) is 18.3 Å². The molecule has 0 atom stereocenters. The molecule has 0 unspecified atom stereocenters. The Labute approximate surface area is 153 Å². The summed E-state index contributed by atoms with van der Waals surface area (Å²) in [7, 11) is 0. The molecule has 5 heteroatoms. The highest BCUT2D eigenvalue weighted by Crippen LogP contribution is 2.20. The predicted octanol–water partition coefficient (Wildman–Crippen LogP) is 4.02. The van der Waals surface area contributed by atoms with E-state index in [9.17, 15) is 4.79 Å². The van der Waals surface area contributed by atoms with Crippen LogP contribution in [0.3, 0.4) is 0 Å². The van der Waals surface area contributed by atoms with Crippen LogP contribution < -0.4 is 10.6 Å². The SMILES string of the molecule is CCc1ccccc1Nc1cc(C(=O)NCc2ccccc2)nc(C)n1. The lowest BCUT2D eigenvalue weighted by Gasteiger charge is -2.12. The van der Waals surface area contributed by atoms with Gasteiger partial charge in [-0.25, -0.2) is 9.97 Å². The molecule has 0 radical (unpaired) electrons. The summed E-state index contributed by atoms with van der Waals surface area (Å²) in [5.41, 5.74) is 3.58. The average Bonchev–Trinajstić information content (AvgIpc) is 2.67. The molecule has 0 saturated carbocycles. The number of nitrogens with one attached hydrogen (secondary N) is 2. The molecule has 0 aliphatic heterocycles. The van der Waals surface area contributed by atoms with E-state index in [1.54, 1.807) is 13.0 Å². The van der Waals surface area contributed by atoms with Gasteiger partial charge in [-0.1, -0.05) is 55.5 Å². The standard InChI is InChI=1S/C21H22N4O/c1-3-17-11-7-8-12-18(17)25-20-13-19(23-15(2)24-20)21(26)22-14-16-9-5-4-6-10-16/h4-13H,3,14H2,1-2H3,(H,22,26)(H,23,24,25). The first-order valence-electron chi connectivity index (χ1n) is 8.68. The zero-order valence-corrected chi connectivity index (χ0v) is 15.0. The number of carbonyl (C=O) groups excluding carboxylic acids is 1. The van der Waals surface area contributed by atoms with E-state index >= 15 is 0 Å². The molecule has 0 spiro atoms. The number of carbonyl (C=O) groups is 1. The Morgan fingerprint density at radius 1 is 1.00 bits per heavy atom. The van der Waals surface area contributed by atoms with Crippen molar-refractivity contribution in [2.45, 2.75) is 26.8 Å². The van der Waals surface area contributed by atoms with Crippen LogP contribution in [-0.4, -0.2) is 15.9 Å². The van der Waals surface area contributed by atoms with Crippen molar-refractivity contribution in [2.24, 2.45) is 0 Å². The van der Waals surface area contributed by atoms with E-state index in [1.165, 1.54) is 5.56 Å². The fourth-order valence-corrected chi connectivity index (χ4v) is 2.71. The summed E-state index contributed by atoms with van der Waals surface area (Å²) in [4.78, 5) is 21.1. The van der Waals surface area contributed by atoms with Crippen molar-refractivity contribution >= 4 is 17.4 Å². The van der Waals surface area contributed by atoms with Gasteiger partial charge in [0.25, 0.3) is 5.91 Å². The number of aryl methyl sites for hydroxylation is 2. The van der Waals surface area contributed by atoms with Crippen molar-refractivity contribution in [1.29, 1.82) is 0 Å². The molecule has 1 aromatic heterocycles. The minimum Gasteiger partial charge on any atom is -0.347 e. The number of nitrogens with zero attached hydrogens (tertiary/aromatic N) is 2. The summed E-state index contributed by atoms with van der Waals surface area (Å²) in [6.45, 7) is 4.35. The highest BCUT2D eigenvalue weighted by Gasteiger charge is 2.11. The van der Waals surface area contributed by atoms with Crippen molar-refractivity contribution < 1.29 is 4.79 Å². The van der Waals surface area contributed by atoms with Crippen LogP contribution >= 0.6 is 0 Å². The van der Waals surface area contributed by atoms with E-state index in [0.29, 0.717) is 23.9 Å². The van der Waals surface area contributed by atoms with Gasteiger partial charge in [-0.3, -0.25) is 4.79 Å². The molecule has 0 saturated heterocycles. The summed E-state index contributed by atoms with van der Waals surface area (Å²) in [6.07, 6.45) is 0.914. The maximum atomic E-state index is 12.5. The molecule has 5 nitrogen and oxygen atoms in total. The molecule has 0 fully saturated rings. The fourth-order valence-electron chi connectivity index (χ4n) is 2.71. The van der Waals surface area contributed by atoms with Crippen LogP contribution in [-0.2, 0) is 13.0 Å². The number of benzene rings is 2. The van der Waals surface area contributed by atoms with Crippen LogP contribution in [0.15, 0.2) is 60.7 Å². The third-order valence-electron chi connectivity index (χ3n) is 4.03. The highest BCUT2D eigenvalue weighted by molar-refractivity contribution is 5.93. The average molecular weight is 346 g/mol. The molecule has 26 heavy (non-hydrogen) atoms. The zero-order chi connectivity index (χ0) is 18.4. The monoisotopic (exact) mass is 346 g/mol. The molecular formula is C21H22N4O. The number of anilines is 2. The van der Waals surface area contributed by atoms with Crippen LogP contribution in [0.25, 0.3) is 0 Å². The first-order chi connectivity index (χ1) is 12.7. The second-order valence-corrected chi connectivity index (χ2v) is 5.99. The molecule has 1 heterocycles. The van der Waals surface area contributed by atoms with Gasteiger partial charge in [0.2, 0.25) is 0 Å². The molecule has 132 valence electrons. The van der Waals surface area contributed by atoms with Gasteiger partial charge < -0.3 is 10.6 Å². The second-order valence-electron chi connectivity index (χ2n) is 5.99. The number of amides is 1. The van der Waals surface area contributed by atoms with Crippen molar-refractivity contribution in [3.05, 3.63) is 83.3 Å². The fraction of sp³-hybridized carbons (Fsp3) is 0.190. The summed E-state index contributed by atoms with van der Waals surface area (Å²) in [5, 5.41) is 6.20. The van der Waals surface area contributed by atoms with E-state index in [4.69, 9.17) is 0 Å². The normalized spacial score (nSPS) is 10.4. The summed E-state index contributed by atoms with van der Waals surface area (Å²) in [5.74, 6) is 0.947. The van der Waals surface area contributed by atoms with E-state index in [2.05, 4.69) is 33.6 Å². The van der Waals surface area contributed by atoms with E-state index in [0.717, 1.165) is 17.7 Å². The topological polar surface area (TPSA) is 66.9 Å². The molecule has 3 aromatic rings. The molecule has 1 amide bonds. The van der Waals surface area contributed by atoms with Crippen molar-refractivity contribution in [3.8, 4) is 0 Å². The molecule has 2 N–H and O–H groups in total. The number of para-hydroxylation sites is 1. The van der Waals surface area contributed by atoms with Crippen molar-refractivity contribution in [2.75, 3.05) is 5.32 Å². The first-order valence-corrected chi connectivity index (χ1v) is 8.68. The first kappa shape index (κ1) is 17.6. The molecule has 3 rings (SSSR count). The predicted molar refractivity (Wildman–Crippen MR) is 103 cm³/mol. The Hall–Kier alpha value is -3.21. The van der Waals surface area contributed by atoms with E-state index < -0.39 is 0 Å². The molecule has 2 aromatic carbocycles. The highest BCUT2D eigenvalue weighted by atomic mass is 16.1. The molecular weight excluding hydrogens is 324 g/mol. The lowest BCUT2D eigenvalue weighted by atomic mass is 10.1. The molecule has 0 aliphatic rings. The van der Waals surface area contributed by atoms with Crippen LogP contribution in [0.4, 0.5) is 11.5 Å². The van der Waals surface area contributed by atoms with Crippen LogP contribution in [0.2, 0.25) is 0 Å². The van der Waals surface area contributed by atoms with Crippen LogP contribution in [0.5, 0.6) is 0 Å². The maximum absolute atomic E-state index is 12.5. The van der Waals surface area contributed by atoms with Gasteiger partial charge in [-0.05, 0) is 30.5 Å². The van der Waals surface area contributed by atoms with Crippen molar-refractivity contribution in [3.63, 3.8) is 0 Å². The Kier molecular flexibility index (Phi) is 5.59. The smallest absolute Gasteiger partial charge is 0.270 e.